The van der Waals surface area contributed by atoms with Gasteiger partial charge in [0.2, 0.25) is 0 Å². The van der Waals surface area contributed by atoms with Crippen LogP contribution < -0.4 is 5.32 Å². The minimum atomic E-state index is 0.538. The number of hydrogen-bond acceptors (Lipinski definition) is 2. The molecule has 0 radical (unpaired) electrons. The Morgan fingerprint density at radius 3 is 2.90 bits per heavy atom. The van der Waals surface area contributed by atoms with E-state index >= 15 is 0 Å². The van der Waals surface area contributed by atoms with Gasteiger partial charge >= 0.3 is 0 Å². The Bertz CT molecular complexity index is 716. The van der Waals surface area contributed by atoms with Crippen LogP contribution in [0.15, 0.2) is 30.5 Å². The molecule has 0 fully saturated rings. The highest BCUT2D eigenvalue weighted by molar-refractivity contribution is 5.93. The Morgan fingerprint density at radius 1 is 1.38 bits per heavy atom. The quantitative estimate of drug-likeness (QED) is 0.893. The van der Waals surface area contributed by atoms with Crippen LogP contribution in [-0.2, 0) is 0 Å². The SMILES string of the molecule is CC(C)NC1CC=C(c2c[nH]c3ccc(C#N)cc23)CC1. The van der Waals surface area contributed by atoms with Gasteiger partial charge in [0.15, 0.2) is 0 Å². The van der Waals surface area contributed by atoms with E-state index in [9.17, 15) is 0 Å². The molecule has 2 N–H and O–H groups in total. The fraction of sp³-hybridized carbons (Fsp3) is 0.389. The third-order valence-corrected chi connectivity index (χ3v) is 4.14. The number of hydrogen-bond donors (Lipinski definition) is 2. The second-order valence-corrected chi connectivity index (χ2v) is 6.10. The first-order chi connectivity index (χ1) is 10.2. The summed E-state index contributed by atoms with van der Waals surface area (Å²) in [6.07, 6.45) is 7.78. The Labute approximate surface area is 125 Å². The average Bonchev–Trinajstić information content (AvgIpc) is 2.90. The van der Waals surface area contributed by atoms with E-state index < -0.39 is 0 Å². The Balaban J connectivity index is 1.88. The van der Waals surface area contributed by atoms with Gasteiger partial charge in [-0.25, -0.2) is 0 Å². The second-order valence-electron chi connectivity index (χ2n) is 6.10. The van der Waals surface area contributed by atoms with Gasteiger partial charge in [-0.15, -0.1) is 0 Å². The summed E-state index contributed by atoms with van der Waals surface area (Å²) < 4.78 is 0. The normalized spacial score (nSPS) is 18.8. The van der Waals surface area contributed by atoms with Crippen LogP contribution in [-0.4, -0.2) is 17.1 Å². The fourth-order valence-corrected chi connectivity index (χ4v) is 3.16. The largest absolute Gasteiger partial charge is 0.361 e. The molecule has 0 saturated carbocycles. The molecule has 108 valence electrons. The highest BCUT2D eigenvalue weighted by Gasteiger charge is 2.17. The predicted molar refractivity (Wildman–Crippen MR) is 86.9 cm³/mol. The van der Waals surface area contributed by atoms with E-state index in [0.717, 1.165) is 29.3 Å². The van der Waals surface area contributed by atoms with Crippen LogP contribution in [0.25, 0.3) is 16.5 Å². The lowest BCUT2D eigenvalue weighted by Crippen LogP contribution is -2.35. The molecule has 0 amide bonds. The van der Waals surface area contributed by atoms with Crippen molar-refractivity contribution < 1.29 is 0 Å². The van der Waals surface area contributed by atoms with E-state index in [0.29, 0.717) is 12.1 Å². The summed E-state index contributed by atoms with van der Waals surface area (Å²) in [5.74, 6) is 0. The Kier molecular flexibility index (Phi) is 3.81. The first kappa shape index (κ1) is 13.9. The molecule has 1 heterocycles. The molecular weight excluding hydrogens is 258 g/mol. The molecule has 0 spiro atoms. The van der Waals surface area contributed by atoms with Gasteiger partial charge in [-0.1, -0.05) is 19.9 Å². The van der Waals surface area contributed by atoms with Crippen molar-refractivity contribution in [2.75, 3.05) is 0 Å². The van der Waals surface area contributed by atoms with Crippen LogP contribution in [0.1, 0.15) is 44.2 Å². The molecule has 21 heavy (non-hydrogen) atoms. The standard InChI is InChI=1S/C18H21N3/c1-12(2)21-15-6-4-14(5-7-15)17-11-20-18-8-3-13(10-19)9-16(17)18/h3-4,8-9,11-12,15,20-21H,5-7H2,1-2H3. The van der Waals surface area contributed by atoms with Gasteiger partial charge in [0.25, 0.3) is 0 Å². The molecule has 3 rings (SSSR count). The highest BCUT2D eigenvalue weighted by atomic mass is 14.9. The summed E-state index contributed by atoms with van der Waals surface area (Å²) in [5.41, 5.74) is 4.48. The first-order valence-electron chi connectivity index (χ1n) is 7.64. The first-order valence-corrected chi connectivity index (χ1v) is 7.64. The molecule has 1 aliphatic carbocycles. The fourth-order valence-electron chi connectivity index (χ4n) is 3.16. The Morgan fingerprint density at radius 2 is 2.24 bits per heavy atom. The lowest BCUT2D eigenvalue weighted by molar-refractivity contribution is 0.437. The zero-order valence-electron chi connectivity index (χ0n) is 12.6. The van der Waals surface area contributed by atoms with Crippen molar-refractivity contribution in [3.05, 3.63) is 41.6 Å². The van der Waals surface area contributed by atoms with Gasteiger partial charge in [0, 0.05) is 34.7 Å². The van der Waals surface area contributed by atoms with Gasteiger partial charge in [0.1, 0.15) is 0 Å². The summed E-state index contributed by atoms with van der Waals surface area (Å²) in [5, 5.41) is 13.8. The molecule has 0 bridgehead atoms. The number of benzene rings is 1. The zero-order chi connectivity index (χ0) is 14.8. The van der Waals surface area contributed by atoms with Gasteiger partial charge in [-0.05, 0) is 43.0 Å². The second kappa shape index (κ2) is 5.75. The topological polar surface area (TPSA) is 51.6 Å². The minimum absolute atomic E-state index is 0.538. The summed E-state index contributed by atoms with van der Waals surface area (Å²) in [6, 6.07) is 9.19. The van der Waals surface area contributed by atoms with Gasteiger partial charge in [0.05, 0.1) is 11.6 Å². The number of nitrogens with zero attached hydrogens (tertiary/aromatic N) is 1. The van der Waals surface area contributed by atoms with E-state index in [4.69, 9.17) is 5.26 Å². The number of aromatic amines is 1. The van der Waals surface area contributed by atoms with E-state index in [-0.39, 0.29) is 0 Å². The molecule has 1 aliphatic rings. The monoisotopic (exact) mass is 279 g/mol. The maximum Gasteiger partial charge on any atom is 0.0991 e. The zero-order valence-corrected chi connectivity index (χ0v) is 12.6. The number of allylic oxidation sites excluding steroid dienone is 1. The van der Waals surface area contributed by atoms with Crippen LogP contribution in [0.2, 0.25) is 0 Å². The van der Waals surface area contributed by atoms with Crippen molar-refractivity contribution in [1.82, 2.24) is 10.3 Å². The maximum atomic E-state index is 9.07. The van der Waals surface area contributed by atoms with Crippen molar-refractivity contribution in [3.8, 4) is 6.07 Å². The molecule has 2 aromatic rings. The number of fused-ring (bicyclic) bond motifs is 1. The number of aromatic nitrogens is 1. The third-order valence-electron chi connectivity index (χ3n) is 4.14. The lowest BCUT2D eigenvalue weighted by Gasteiger charge is -2.25. The third kappa shape index (κ3) is 2.86. The van der Waals surface area contributed by atoms with Gasteiger partial charge < -0.3 is 10.3 Å². The van der Waals surface area contributed by atoms with E-state index in [2.05, 4.69) is 42.5 Å². The van der Waals surface area contributed by atoms with E-state index in [1.54, 1.807) is 0 Å². The van der Waals surface area contributed by atoms with Gasteiger partial charge in [-0.3, -0.25) is 0 Å². The molecule has 1 atom stereocenters. The summed E-state index contributed by atoms with van der Waals surface area (Å²) in [7, 11) is 0. The molecule has 3 nitrogen and oxygen atoms in total. The number of rotatable bonds is 3. The van der Waals surface area contributed by atoms with Crippen LogP contribution in [0.5, 0.6) is 0 Å². The maximum absolute atomic E-state index is 9.07. The lowest BCUT2D eigenvalue weighted by atomic mass is 9.90. The molecule has 0 aliphatic heterocycles. The number of nitrogens with one attached hydrogen (secondary N) is 2. The van der Waals surface area contributed by atoms with Crippen molar-refractivity contribution in [3.63, 3.8) is 0 Å². The van der Waals surface area contributed by atoms with Crippen LogP contribution in [0.4, 0.5) is 0 Å². The van der Waals surface area contributed by atoms with Crippen molar-refractivity contribution in [1.29, 1.82) is 5.26 Å². The molecule has 0 saturated heterocycles. The Hall–Kier alpha value is -2.05. The molecular formula is C18H21N3. The van der Waals surface area contributed by atoms with Crippen molar-refractivity contribution in [2.24, 2.45) is 0 Å². The highest BCUT2D eigenvalue weighted by Crippen LogP contribution is 2.32. The van der Waals surface area contributed by atoms with E-state index in [1.165, 1.54) is 17.6 Å². The molecule has 1 aromatic carbocycles. The van der Waals surface area contributed by atoms with Gasteiger partial charge in [-0.2, -0.15) is 5.26 Å². The van der Waals surface area contributed by atoms with E-state index in [1.807, 2.05) is 18.2 Å². The average molecular weight is 279 g/mol. The smallest absolute Gasteiger partial charge is 0.0991 e. The minimum Gasteiger partial charge on any atom is -0.361 e. The van der Waals surface area contributed by atoms with Crippen molar-refractivity contribution >= 4 is 16.5 Å². The van der Waals surface area contributed by atoms with Crippen LogP contribution in [0, 0.1) is 11.3 Å². The number of nitriles is 1. The summed E-state index contributed by atoms with van der Waals surface area (Å²) in [6.45, 7) is 4.39. The molecule has 1 aromatic heterocycles. The summed E-state index contributed by atoms with van der Waals surface area (Å²) >= 11 is 0. The summed E-state index contributed by atoms with van der Waals surface area (Å²) in [4.78, 5) is 3.31. The van der Waals surface area contributed by atoms with Crippen molar-refractivity contribution in [2.45, 2.75) is 45.2 Å². The molecule has 3 heteroatoms. The van der Waals surface area contributed by atoms with Crippen LogP contribution >= 0.6 is 0 Å². The predicted octanol–water partition coefficient (Wildman–Crippen LogP) is 3.97. The molecule has 1 unspecified atom stereocenters. The number of H-pyrrole nitrogens is 1. The van der Waals surface area contributed by atoms with Crippen LogP contribution in [0.3, 0.4) is 0 Å².